The summed E-state index contributed by atoms with van der Waals surface area (Å²) in [5, 5.41) is 10.7. The van der Waals surface area contributed by atoms with Crippen LogP contribution in [0, 0.1) is 0 Å². The number of benzene rings is 2. The second kappa shape index (κ2) is 14.9. The van der Waals surface area contributed by atoms with Gasteiger partial charge in [-0.05, 0) is 70.9 Å². The highest BCUT2D eigenvalue weighted by atomic mass is 19.4. The number of nitrogens with one attached hydrogen (secondary N) is 1. The van der Waals surface area contributed by atoms with Crippen molar-refractivity contribution in [1.29, 1.82) is 0 Å². The van der Waals surface area contributed by atoms with Crippen molar-refractivity contribution in [2.24, 2.45) is 0 Å². The number of nitrogens with zero attached hydrogens (tertiary/aromatic N) is 2. The number of fused-ring (bicyclic) bond motifs is 3. The molecule has 2 aromatic carbocycles. The molecule has 0 saturated carbocycles. The molecule has 11 nitrogen and oxygen atoms in total. The highest BCUT2D eigenvalue weighted by Gasteiger charge is 2.44. The summed E-state index contributed by atoms with van der Waals surface area (Å²) >= 11 is 0. The summed E-state index contributed by atoms with van der Waals surface area (Å²) in [5.74, 6) is -0.998. The van der Waals surface area contributed by atoms with Crippen molar-refractivity contribution in [3.05, 3.63) is 70.8 Å². The minimum atomic E-state index is -4.75. The number of aromatic nitrogens is 2. The van der Waals surface area contributed by atoms with Crippen LogP contribution in [-0.2, 0) is 49.3 Å². The van der Waals surface area contributed by atoms with Gasteiger partial charge in [0.2, 0.25) is 0 Å². The number of amides is 1. The molecule has 260 valence electrons. The fourth-order valence-corrected chi connectivity index (χ4v) is 5.68. The lowest BCUT2D eigenvalue weighted by molar-refractivity contribution is -0.191. The molecule has 1 aliphatic rings. The molecule has 49 heavy (non-hydrogen) atoms. The number of esters is 1. The molecule has 1 amide bonds. The van der Waals surface area contributed by atoms with Crippen LogP contribution in [0.2, 0.25) is 0 Å². The molecule has 0 aliphatic heterocycles. The van der Waals surface area contributed by atoms with E-state index in [1.165, 1.54) is 12.1 Å². The number of halogens is 3. The van der Waals surface area contributed by atoms with E-state index in [0.717, 1.165) is 16.7 Å². The first-order valence-electron chi connectivity index (χ1n) is 15.6. The minimum absolute atomic E-state index is 0.0710. The van der Waals surface area contributed by atoms with Crippen LogP contribution >= 0.6 is 0 Å². The van der Waals surface area contributed by atoms with E-state index >= 15 is 0 Å². The molecule has 0 spiro atoms. The number of carbonyl (C=O) groups is 2. The van der Waals surface area contributed by atoms with Crippen LogP contribution in [0.4, 0.5) is 18.0 Å². The Morgan fingerprint density at radius 3 is 2.20 bits per heavy atom. The fraction of sp³-hybridized carbons (Fsp3) is 0.400. The summed E-state index contributed by atoms with van der Waals surface area (Å²) in [6, 6.07) is 13.7. The molecule has 0 radical (unpaired) electrons. The SMILES string of the molecule is CCOC(=O)C(CC)(CCc1ccc2c(c1)CCc1c-2noc1-c1noc(-c2ccccc2)c1C(F)(F)F)NC(=O)OC(C)(C)C.O=C=O. The molecule has 2 aromatic heterocycles. The Labute approximate surface area is 280 Å². The van der Waals surface area contributed by atoms with Crippen molar-refractivity contribution in [2.45, 2.75) is 84.0 Å². The summed E-state index contributed by atoms with van der Waals surface area (Å²) in [7, 11) is 0. The third-order valence-electron chi connectivity index (χ3n) is 7.93. The van der Waals surface area contributed by atoms with Gasteiger partial charge < -0.3 is 23.8 Å². The van der Waals surface area contributed by atoms with Gasteiger partial charge in [0.25, 0.3) is 0 Å². The van der Waals surface area contributed by atoms with Crippen LogP contribution < -0.4 is 5.32 Å². The number of alkyl carbamates (subject to hydrolysis) is 1. The zero-order valence-corrected chi connectivity index (χ0v) is 27.7. The van der Waals surface area contributed by atoms with Crippen LogP contribution in [0.3, 0.4) is 0 Å². The molecule has 1 N–H and O–H groups in total. The largest absolute Gasteiger partial charge is 0.464 e. The van der Waals surface area contributed by atoms with Gasteiger partial charge in [0.05, 0.1) is 6.61 Å². The number of hydrogen-bond acceptors (Lipinski definition) is 10. The Kier molecular flexibility index (Phi) is 11.1. The molecule has 0 fully saturated rings. The van der Waals surface area contributed by atoms with Gasteiger partial charge in [0.15, 0.2) is 17.2 Å². The topological polar surface area (TPSA) is 151 Å². The second-order valence-corrected chi connectivity index (χ2v) is 12.3. The Morgan fingerprint density at radius 2 is 1.59 bits per heavy atom. The first kappa shape index (κ1) is 36.6. The van der Waals surface area contributed by atoms with Crippen LogP contribution in [0.15, 0.2) is 57.6 Å². The van der Waals surface area contributed by atoms with Gasteiger partial charge in [0, 0.05) is 16.7 Å². The van der Waals surface area contributed by atoms with Gasteiger partial charge in [-0.25, -0.2) is 9.59 Å². The molecule has 5 rings (SSSR count). The molecule has 1 atom stereocenters. The van der Waals surface area contributed by atoms with Gasteiger partial charge in [-0.2, -0.15) is 22.8 Å². The Bertz CT molecular complexity index is 1820. The molecule has 2 heterocycles. The van der Waals surface area contributed by atoms with E-state index in [2.05, 4.69) is 15.6 Å². The van der Waals surface area contributed by atoms with E-state index < -0.39 is 40.6 Å². The maximum Gasteiger partial charge on any atom is 0.422 e. The number of hydrogen-bond donors (Lipinski definition) is 1. The Morgan fingerprint density at radius 1 is 0.939 bits per heavy atom. The highest BCUT2D eigenvalue weighted by molar-refractivity contribution is 5.86. The number of carbonyl (C=O) groups excluding carboxylic acids is 4. The van der Waals surface area contributed by atoms with Crippen LogP contribution in [0.1, 0.15) is 69.7 Å². The maximum absolute atomic E-state index is 14.3. The van der Waals surface area contributed by atoms with E-state index in [-0.39, 0.29) is 42.7 Å². The zero-order chi connectivity index (χ0) is 36.0. The number of ether oxygens (including phenoxy) is 2. The van der Waals surface area contributed by atoms with E-state index in [9.17, 15) is 22.8 Å². The smallest absolute Gasteiger partial charge is 0.422 e. The van der Waals surface area contributed by atoms with Gasteiger partial charge >= 0.3 is 24.4 Å². The van der Waals surface area contributed by atoms with Crippen molar-refractivity contribution < 1.29 is 50.9 Å². The molecule has 1 aliphatic carbocycles. The summed E-state index contributed by atoms with van der Waals surface area (Å²) < 4.78 is 64.5. The Balaban J connectivity index is 0.00000174. The average Bonchev–Trinajstić information content (AvgIpc) is 3.68. The van der Waals surface area contributed by atoms with E-state index in [4.69, 9.17) is 28.1 Å². The van der Waals surface area contributed by atoms with Crippen molar-refractivity contribution in [2.75, 3.05) is 6.61 Å². The van der Waals surface area contributed by atoms with Gasteiger partial charge in [-0.3, -0.25) is 0 Å². The van der Waals surface area contributed by atoms with Gasteiger partial charge in [0.1, 0.15) is 22.4 Å². The third kappa shape index (κ3) is 8.26. The van der Waals surface area contributed by atoms with E-state index in [1.54, 1.807) is 52.8 Å². The molecule has 1 unspecified atom stereocenters. The molecule has 4 aromatic rings. The van der Waals surface area contributed by atoms with Crippen LogP contribution in [0.5, 0.6) is 0 Å². The normalized spacial score (nSPS) is 13.5. The first-order valence-corrected chi connectivity index (χ1v) is 15.6. The van der Waals surface area contributed by atoms with E-state index in [0.29, 0.717) is 30.5 Å². The lowest BCUT2D eigenvalue weighted by atomic mass is 9.84. The summed E-state index contributed by atoms with van der Waals surface area (Å²) in [6.07, 6.45) is -3.34. The predicted molar refractivity (Wildman–Crippen MR) is 168 cm³/mol. The van der Waals surface area contributed by atoms with Crippen LogP contribution in [-0.4, -0.2) is 46.3 Å². The summed E-state index contributed by atoms with van der Waals surface area (Å²) in [5.41, 5.74) is 0.292. The second-order valence-electron chi connectivity index (χ2n) is 12.3. The van der Waals surface area contributed by atoms with Gasteiger partial charge in [-0.15, -0.1) is 0 Å². The third-order valence-corrected chi connectivity index (χ3v) is 7.93. The maximum atomic E-state index is 14.3. The minimum Gasteiger partial charge on any atom is -0.464 e. The quantitative estimate of drug-likeness (QED) is 0.177. The van der Waals surface area contributed by atoms with Crippen molar-refractivity contribution in [3.63, 3.8) is 0 Å². The number of rotatable bonds is 9. The van der Waals surface area contributed by atoms with Crippen molar-refractivity contribution in [3.8, 4) is 34.0 Å². The predicted octanol–water partition coefficient (Wildman–Crippen LogP) is 7.37. The fourth-order valence-electron chi connectivity index (χ4n) is 5.68. The average molecular weight is 684 g/mol. The molecule has 0 bridgehead atoms. The zero-order valence-electron chi connectivity index (χ0n) is 27.7. The summed E-state index contributed by atoms with van der Waals surface area (Å²) in [6.45, 7) is 8.88. The lowest BCUT2D eigenvalue weighted by Gasteiger charge is -2.32. The summed E-state index contributed by atoms with van der Waals surface area (Å²) in [4.78, 5) is 42.0. The monoisotopic (exact) mass is 683 g/mol. The highest BCUT2D eigenvalue weighted by Crippen LogP contribution is 2.46. The van der Waals surface area contributed by atoms with Crippen LogP contribution in [0.25, 0.3) is 34.0 Å². The van der Waals surface area contributed by atoms with E-state index in [1.807, 2.05) is 18.2 Å². The van der Waals surface area contributed by atoms with Gasteiger partial charge in [-0.1, -0.05) is 65.8 Å². The lowest BCUT2D eigenvalue weighted by Crippen LogP contribution is -2.56. The first-order chi connectivity index (χ1) is 23.2. The molecule has 0 saturated heterocycles. The van der Waals surface area contributed by atoms with Crippen molar-refractivity contribution in [1.82, 2.24) is 15.6 Å². The Hall–Kier alpha value is -5.23. The van der Waals surface area contributed by atoms with Crippen molar-refractivity contribution >= 4 is 18.2 Å². The molecule has 14 heteroatoms. The standard InChI is InChI=1S/C34H36F3N3O6.CO2/c1-6-33(30(41)43-7-2,38-31(42)44-32(3,4)5)18-17-20-13-15-23-22(19-20)14-16-24-26(23)39-46-29(24)27-25(34(35,36)37)28(45-40-27)21-11-9-8-10-12-21;2-1-3/h8-13,15,19H,6-7,14,16-18H2,1-5H3,(H,38,42);. The number of aryl methyl sites for hydroxylation is 2. The number of alkyl halides is 3. The molecular formula is C35H36F3N3O8. The molecular weight excluding hydrogens is 647 g/mol.